The lowest BCUT2D eigenvalue weighted by Gasteiger charge is -2.17. The SMILES string of the molecule is COc1ccc(CNC(=O)c2ccc(CN)cc2)cc1OC1CCCC1. The van der Waals surface area contributed by atoms with Crippen LogP contribution >= 0.6 is 0 Å². The molecule has 0 bridgehead atoms. The van der Waals surface area contributed by atoms with Crippen LogP contribution in [0.25, 0.3) is 0 Å². The molecule has 0 aliphatic heterocycles. The summed E-state index contributed by atoms with van der Waals surface area (Å²) >= 11 is 0. The van der Waals surface area contributed by atoms with Crippen molar-refractivity contribution in [2.24, 2.45) is 5.73 Å². The lowest BCUT2D eigenvalue weighted by Crippen LogP contribution is -2.23. The van der Waals surface area contributed by atoms with Gasteiger partial charge in [-0.2, -0.15) is 0 Å². The minimum Gasteiger partial charge on any atom is -0.493 e. The van der Waals surface area contributed by atoms with Gasteiger partial charge in [0.15, 0.2) is 11.5 Å². The van der Waals surface area contributed by atoms with Gasteiger partial charge in [0.1, 0.15) is 0 Å². The van der Waals surface area contributed by atoms with Gasteiger partial charge in [0.05, 0.1) is 13.2 Å². The topological polar surface area (TPSA) is 73.6 Å². The van der Waals surface area contributed by atoms with Crippen LogP contribution in [0, 0.1) is 0 Å². The second-order valence-electron chi connectivity index (χ2n) is 6.59. The second kappa shape index (κ2) is 8.72. The fourth-order valence-corrected chi connectivity index (χ4v) is 3.19. The molecule has 2 aromatic carbocycles. The molecular formula is C21H26N2O3. The van der Waals surface area contributed by atoms with Crippen LogP contribution in [0.15, 0.2) is 42.5 Å². The van der Waals surface area contributed by atoms with E-state index in [1.165, 1.54) is 12.8 Å². The molecule has 3 rings (SSSR count). The van der Waals surface area contributed by atoms with E-state index in [0.29, 0.717) is 18.7 Å². The minimum atomic E-state index is -0.109. The molecule has 1 saturated carbocycles. The van der Waals surface area contributed by atoms with E-state index in [2.05, 4.69) is 5.32 Å². The van der Waals surface area contributed by atoms with Crippen molar-refractivity contribution in [2.75, 3.05) is 7.11 Å². The number of rotatable bonds is 7. The minimum absolute atomic E-state index is 0.109. The summed E-state index contributed by atoms with van der Waals surface area (Å²) in [6.07, 6.45) is 4.86. The third-order valence-electron chi connectivity index (χ3n) is 4.73. The summed E-state index contributed by atoms with van der Waals surface area (Å²) in [5.74, 6) is 1.37. The molecule has 138 valence electrons. The summed E-state index contributed by atoms with van der Waals surface area (Å²) in [6, 6.07) is 13.1. The maximum Gasteiger partial charge on any atom is 0.251 e. The molecule has 3 N–H and O–H groups in total. The molecule has 0 atom stereocenters. The first-order valence-electron chi connectivity index (χ1n) is 9.10. The van der Waals surface area contributed by atoms with Gasteiger partial charge in [0.25, 0.3) is 5.91 Å². The van der Waals surface area contributed by atoms with Crippen LogP contribution in [-0.2, 0) is 13.1 Å². The van der Waals surface area contributed by atoms with Crippen molar-refractivity contribution < 1.29 is 14.3 Å². The van der Waals surface area contributed by atoms with Crippen molar-refractivity contribution in [1.29, 1.82) is 0 Å². The van der Waals surface area contributed by atoms with Crippen LogP contribution in [0.1, 0.15) is 47.2 Å². The first-order valence-corrected chi connectivity index (χ1v) is 9.10. The summed E-state index contributed by atoms with van der Waals surface area (Å²) in [4.78, 5) is 12.3. The maximum absolute atomic E-state index is 12.3. The number of nitrogens with one attached hydrogen (secondary N) is 1. The summed E-state index contributed by atoms with van der Waals surface area (Å²) < 4.78 is 11.5. The summed E-state index contributed by atoms with van der Waals surface area (Å²) in [7, 11) is 1.64. The third kappa shape index (κ3) is 4.55. The highest BCUT2D eigenvalue weighted by atomic mass is 16.5. The number of nitrogens with two attached hydrogens (primary N) is 1. The highest BCUT2D eigenvalue weighted by Crippen LogP contribution is 2.32. The van der Waals surface area contributed by atoms with Gasteiger partial charge in [-0.1, -0.05) is 18.2 Å². The predicted octanol–water partition coefficient (Wildman–Crippen LogP) is 3.41. The Morgan fingerprint density at radius 2 is 1.77 bits per heavy atom. The Hall–Kier alpha value is -2.53. The Morgan fingerprint density at radius 3 is 2.42 bits per heavy atom. The van der Waals surface area contributed by atoms with Crippen LogP contribution in [0.5, 0.6) is 11.5 Å². The zero-order valence-corrected chi connectivity index (χ0v) is 15.2. The van der Waals surface area contributed by atoms with Gasteiger partial charge in [-0.3, -0.25) is 4.79 Å². The highest BCUT2D eigenvalue weighted by molar-refractivity contribution is 5.94. The fourth-order valence-electron chi connectivity index (χ4n) is 3.19. The number of hydrogen-bond acceptors (Lipinski definition) is 4. The number of benzene rings is 2. The molecule has 0 unspecified atom stereocenters. The maximum atomic E-state index is 12.3. The quantitative estimate of drug-likeness (QED) is 0.799. The summed E-state index contributed by atoms with van der Waals surface area (Å²) in [5, 5.41) is 2.94. The van der Waals surface area contributed by atoms with Crippen molar-refractivity contribution in [3.05, 3.63) is 59.2 Å². The molecule has 1 aliphatic carbocycles. The molecular weight excluding hydrogens is 328 g/mol. The van der Waals surface area contributed by atoms with E-state index in [0.717, 1.165) is 35.5 Å². The van der Waals surface area contributed by atoms with E-state index >= 15 is 0 Å². The van der Waals surface area contributed by atoms with Crippen LogP contribution in [-0.4, -0.2) is 19.1 Å². The molecule has 5 heteroatoms. The Morgan fingerprint density at radius 1 is 1.08 bits per heavy atom. The first-order chi connectivity index (χ1) is 12.7. The average molecular weight is 354 g/mol. The van der Waals surface area contributed by atoms with Crippen molar-refractivity contribution in [3.63, 3.8) is 0 Å². The van der Waals surface area contributed by atoms with E-state index in [-0.39, 0.29) is 12.0 Å². The Kier molecular flexibility index (Phi) is 6.12. The number of carbonyl (C=O) groups excluding carboxylic acids is 1. The van der Waals surface area contributed by atoms with Crippen molar-refractivity contribution in [3.8, 4) is 11.5 Å². The monoisotopic (exact) mass is 354 g/mol. The van der Waals surface area contributed by atoms with Crippen LogP contribution < -0.4 is 20.5 Å². The normalized spacial score (nSPS) is 14.2. The zero-order valence-electron chi connectivity index (χ0n) is 15.2. The molecule has 2 aromatic rings. The molecule has 0 saturated heterocycles. The van der Waals surface area contributed by atoms with Crippen LogP contribution in [0.2, 0.25) is 0 Å². The fraction of sp³-hybridized carbons (Fsp3) is 0.381. The van der Waals surface area contributed by atoms with E-state index in [9.17, 15) is 4.79 Å². The lowest BCUT2D eigenvalue weighted by molar-refractivity contribution is 0.0950. The van der Waals surface area contributed by atoms with Crippen molar-refractivity contribution >= 4 is 5.91 Å². The van der Waals surface area contributed by atoms with Gasteiger partial charge in [-0.05, 0) is 61.1 Å². The van der Waals surface area contributed by atoms with Gasteiger partial charge in [-0.25, -0.2) is 0 Å². The number of hydrogen-bond donors (Lipinski definition) is 2. The second-order valence-corrected chi connectivity index (χ2v) is 6.59. The van der Waals surface area contributed by atoms with Gasteiger partial charge >= 0.3 is 0 Å². The summed E-state index contributed by atoms with van der Waals surface area (Å²) in [5.41, 5.74) is 8.19. The highest BCUT2D eigenvalue weighted by Gasteiger charge is 2.18. The van der Waals surface area contributed by atoms with Gasteiger partial charge in [0.2, 0.25) is 0 Å². The zero-order chi connectivity index (χ0) is 18.4. The average Bonchev–Trinajstić information content (AvgIpc) is 3.19. The Labute approximate surface area is 154 Å². The number of carbonyl (C=O) groups is 1. The first kappa shape index (κ1) is 18.3. The largest absolute Gasteiger partial charge is 0.493 e. The van der Waals surface area contributed by atoms with E-state index in [4.69, 9.17) is 15.2 Å². The molecule has 0 radical (unpaired) electrons. The molecule has 0 aromatic heterocycles. The van der Waals surface area contributed by atoms with Gasteiger partial charge in [-0.15, -0.1) is 0 Å². The molecule has 1 fully saturated rings. The van der Waals surface area contributed by atoms with E-state index in [1.807, 2.05) is 30.3 Å². The number of methoxy groups -OCH3 is 1. The molecule has 0 spiro atoms. The predicted molar refractivity (Wildman–Crippen MR) is 101 cm³/mol. The molecule has 0 heterocycles. The van der Waals surface area contributed by atoms with E-state index in [1.54, 1.807) is 19.2 Å². The summed E-state index contributed by atoms with van der Waals surface area (Å²) in [6.45, 7) is 0.903. The van der Waals surface area contributed by atoms with Crippen LogP contribution in [0.4, 0.5) is 0 Å². The van der Waals surface area contributed by atoms with E-state index < -0.39 is 0 Å². The van der Waals surface area contributed by atoms with Crippen LogP contribution in [0.3, 0.4) is 0 Å². The Bertz CT molecular complexity index is 737. The standard InChI is InChI=1S/C21H26N2O3/c1-25-19-11-8-16(12-20(19)26-18-4-2-3-5-18)14-23-21(24)17-9-6-15(13-22)7-10-17/h6-12,18H,2-5,13-14,22H2,1H3,(H,23,24). The lowest BCUT2D eigenvalue weighted by atomic mass is 10.1. The van der Waals surface area contributed by atoms with Crippen molar-refractivity contribution in [2.45, 2.75) is 44.9 Å². The molecule has 26 heavy (non-hydrogen) atoms. The van der Waals surface area contributed by atoms with Crippen molar-refractivity contribution in [1.82, 2.24) is 5.32 Å². The molecule has 1 aliphatic rings. The third-order valence-corrected chi connectivity index (χ3v) is 4.73. The molecule has 5 nitrogen and oxygen atoms in total. The van der Waals surface area contributed by atoms with Gasteiger partial charge < -0.3 is 20.5 Å². The van der Waals surface area contributed by atoms with Gasteiger partial charge in [0, 0.05) is 18.7 Å². The Balaban J connectivity index is 1.63. The molecule has 1 amide bonds. The number of ether oxygens (including phenoxy) is 2. The smallest absolute Gasteiger partial charge is 0.251 e. The number of amides is 1.